The first-order chi connectivity index (χ1) is 14.3. The highest BCUT2D eigenvalue weighted by molar-refractivity contribution is 5.98. The van der Waals surface area contributed by atoms with Crippen molar-refractivity contribution >= 4 is 11.1 Å². The Bertz CT molecular complexity index is 952. The summed E-state index contributed by atoms with van der Waals surface area (Å²) in [4.78, 5) is 0. The van der Waals surface area contributed by atoms with Gasteiger partial charge in [-0.05, 0) is 53.2 Å². The maximum Gasteiger partial charge on any atom is 0.0897 e. The van der Waals surface area contributed by atoms with Gasteiger partial charge < -0.3 is 5.32 Å². The van der Waals surface area contributed by atoms with Crippen LogP contribution in [0.15, 0.2) is 78.9 Å². The molecule has 148 valence electrons. The Morgan fingerprint density at radius 1 is 0.828 bits per heavy atom. The van der Waals surface area contributed by atoms with Crippen LogP contribution in [0, 0.1) is 6.92 Å². The van der Waals surface area contributed by atoms with Gasteiger partial charge in [-0.1, -0.05) is 84.4 Å². The first kappa shape index (κ1) is 19.6. The third-order valence-electron chi connectivity index (χ3n) is 5.78. The zero-order valence-electron chi connectivity index (χ0n) is 17.0. The van der Waals surface area contributed by atoms with Gasteiger partial charge in [0.15, 0.2) is 0 Å². The van der Waals surface area contributed by atoms with Crippen molar-refractivity contribution in [2.75, 3.05) is 19.8 Å². The Balaban J connectivity index is 1.85. The minimum atomic E-state index is -0.300. The van der Waals surface area contributed by atoms with Crippen LogP contribution in [0.2, 0.25) is 0 Å². The molecule has 0 amide bonds. The summed E-state index contributed by atoms with van der Waals surface area (Å²) >= 11 is 0. The zero-order valence-corrected chi connectivity index (χ0v) is 17.0. The molecule has 1 nitrogen and oxygen atoms in total. The fraction of sp³-hybridized carbons (Fsp3) is 0.259. The van der Waals surface area contributed by atoms with E-state index in [0.29, 0.717) is 12.3 Å². The molecule has 3 aromatic carbocycles. The van der Waals surface area contributed by atoms with E-state index >= 15 is 0 Å². The molecule has 1 N–H and O–H groups in total. The molecule has 0 spiro atoms. The average molecular weight is 386 g/mol. The molecular weight excluding hydrogens is 357 g/mol. The Morgan fingerprint density at radius 2 is 1.45 bits per heavy atom. The molecule has 0 atom stereocenters. The minimum absolute atomic E-state index is 0.300. The van der Waals surface area contributed by atoms with Gasteiger partial charge in [-0.3, -0.25) is 4.39 Å². The van der Waals surface area contributed by atoms with E-state index in [-0.39, 0.29) is 6.67 Å². The molecule has 3 aromatic rings. The van der Waals surface area contributed by atoms with Gasteiger partial charge in [0.1, 0.15) is 0 Å². The summed E-state index contributed by atoms with van der Waals surface area (Å²) in [6, 6.07) is 28.1. The van der Waals surface area contributed by atoms with Gasteiger partial charge in [-0.15, -0.1) is 0 Å². The van der Waals surface area contributed by atoms with Crippen LogP contribution >= 0.6 is 0 Å². The molecule has 0 aliphatic carbocycles. The maximum atomic E-state index is 13.1. The van der Waals surface area contributed by atoms with E-state index < -0.39 is 0 Å². The van der Waals surface area contributed by atoms with E-state index in [0.717, 1.165) is 19.5 Å². The Kier molecular flexibility index (Phi) is 6.21. The van der Waals surface area contributed by atoms with Crippen LogP contribution in [-0.2, 0) is 0 Å². The topological polar surface area (TPSA) is 12.0 Å². The standard InChI is InChI=1S/C27H28FN/c1-20-9-11-23(12-10-20)27(24-15-13-21(14-16-24)25-18-29-19-25)26(8-5-17-28)22-6-3-2-4-7-22/h2-4,6-7,9-16,25,29H,5,8,17-19H2,1H3/b27-26-. The number of rotatable bonds is 7. The average Bonchev–Trinajstić information content (AvgIpc) is 2.72. The predicted octanol–water partition coefficient (Wildman–Crippen LogP) is 6.39. The molecule has 1 heterocycles. The van der Waals surface area contributed by atoms with E-state index in [4.69, 9.17) is 0 Å². The van der Waals surface area contributed by atoms with E-state index in [1.807, 2.05) is 6.07 Å². The van der Waals surface area contributed by atoms with Crippen LogP contribution in [0.1, 0.15) is 46.6 Å². The smallest absolute Gasteiger partial charge is 0.0897 e. The fourth-order valence-corrected chi connectivity index (χ4v) is 3.98. The SMILES string of the molecule is Cc1ccc(/C(=C(\CCCF)c2ccccc2)c2ccc(C3CNC3)cc2)cc1. The van der Waals surface area contributed by atoms with Crippen molar-refractivity contribution in [1.29, 1.82) is 0 Å². The van der Waals surface area contributed by atoms with Gasteiger partial charge in [-0.25, -0.2) is 0 Å². The highest BCUT2D eigenvalue weighted by Crippen LogP contribution is 2.36. The lowest BCUT2D eigenvalue weighted by Crippen LogP contribution is -2.39. The van der Waals surface area contributed by atoms with Gasteiger partial charge in [0.25, 0.3) is 0 Å². The number of allylic oxidation sites excluding steroid dienone is 1. The van der Waals surface area contributed by atoms with E-state index in [1.54, 1.807) is 0 Å². The molecule has 0 saturated carbocycles. The predicted molar refractivity (Wildman–Crippen MR) is 121 cm³/mol. The molecular formula is C27H28FN. The molecule has 0 unspecified atom stereocenters. The molecule has 0 radical (unpaired) electrons. The third kappa shape index (κ3) is 4.49. The van der Waals surface area contributed by atoms with Crippen LogP contribution in [0.25, 0.3) is 11.1 Å². The van der Waals surface area contributed by atoms with Crippen LogP contribution in [0.5, 0.6) is 0 Å². The Morgan fingerprint density at radius 3 is 2.00 bits per heavy atom. The summed E-state index contributed by atoms with van der Waals surface area (Å²) in [6.45, 7) is 3.93. The monoisotopic (exact) mass is 385 g/mol. The highest BCUT2D eigenvalue weighted by Gasteiger charge is 2.19. The van der Waals surface area contributed by atoms with Crippen LogP contribution in [0.4, 0.5) is 4.39 Å². The lowest BCUT2D eigenvalue weighted by atomic mass is 9.85. The molecule has 2 heteroatoms. The van der Waals surface area contributed by atoms with Gasteiger partial charge in [0.05, 0.1) is 6.67 Å². The van der Waals surface area contributed by atoms with Gasteiger partial charge in [0.2, 0.25) is 0 Å². The van der Waals surface area contributed by atoms with E-state index in [9.17, 15) is 4.39 Å². The number of nitrogens with one attached hydrogen (secondary N) is 1. The summed E-state index contributed by atoms with van der Waals surface area (Å²) in [5.41, 5.74) is 8.61. The van der Waals surface area contributed by atoms with Crippen molar-refractivity contribution in [3.8, 4) is 0 Å². The number of halogens is 1. The van der Waals surface area contributed by atoms with Crippen LogP contribution in [0.3, 0.4) is 0 Å². The molecule has 1 aliphatic heterocycles. The van der Waals surface area contributed by atoms with Crippen molar-refractivity contribution in [3.63, 3.8) is 0 Å². The second-order valence-corrected chi connectivity index (χ2v) is 7.86. The second kappa shape index (κ2) is 9.19. The second-order valence-electron chi connectivity index (χ2n) is 7.86. The first-order valence-electron chi connectivity index (χ1n) is 10.5. The molecule has 0 bridgehead atoms. The first-order valence-corrected chi connectivity index (χ1v) is 10.5. The Labute approximate surface area is 173 Å². The fourth-order valence-electron chi connectivity index (χ4n) is 3.98. The number of hydrogen-bond acceptors (Lipinski definition) is 1. The normalized spacial score (nSPS) is 15.0. The van der Waals surface area contributed by atoms with Gasteiger partial charge in [0, 0.05) is 19.0 Å². The van der Waals surface area contributed by atoms with Crippen LogP contribution < -0.4 is 5.32 Å². The molecule has 4 rings (SSSR count). The molecule has 1 aliphatic rings. The van der Waals surface area contributed by atoms with E-state index in [2.05, 4.69) is 85.0 Å². The summed E-state index contributed by atoms with van der Waals surface area (Å²) in [7, 11) is 0. The molecule has 1 saturated heterocycles. The highest BCUT2D eigenvalue weighted by atomic mass is 19.1. The summed E-state index contributed by atoms with van der Waals surface area (Å²) in [6.07, 6.45) is 1.25. The van der Waals surface area contributed by atoms with Gasteiger partial charge >= 0.3 is 0 Å². The summed E-state index contributed by atoms with van der Waals surface area (Å²) in [5.74, 6) is 0.621. The van der Waals surface area contributed by atoms with Crippen molar-refractivity contribution < 1.29 is 4.39 Å². The van der Waals surface area contributed by atoms with E-state index in [1.165, 1.54) is 39.0 Å². The third-order valence-corrected chi connectivity index (χ3v) is 5.78. The summed E-state index contributed by atoms with van der Waals surface area (Å²) < 4.78 is 13.1. The minimum Gasteiger partial charge on any atom is -0.315 e. The number of benzene rings is 3. The lowest BCUT2D eigenvalue weighted by molar-refractivity contribution is 0.448. The number of hydrogen-bond donors (Lipinski definition) is 1. The molecule has 0 aromatic heterocycles. The van der Waals surface area contributed by atoms with Crippen molar-refractivity contribution in [3.05, 3.63) is 107 Å². The van der Waals surface area contributed by atoms with Crippen molar-refractivity contribution in [2.24, 2.45) is 0 Å². The molecule has 1 fully saturated rings. The molecule has 29 heavy (non-hydrogen) atoms. The quantitative estimate of drug-likeness (QED) is 0.465. The Hall–Kier alpha value is -2.71. The number of aryl methyl sites for hydroxylation is 1. The summed E-state index contributed by atoms with van der Waals surface area (Å²) in [5, 5.41) is 3.35. The van der Waals surface area contributed by atoms with Crippen molar-refractivity contribution in [1.82, 2.24) is 5.32 Å². The largest absolute Gasteiger partial charge is 0.315 e. The zero-order chi connectivity index (χ0) is 20.1. The van der Waals surface area contributed by atoms with Crippen LogP contribution in [-0.4, -0.2) is 19.8 Å². The number of alkyl halides is 1. The lowest BCUT2D eigenvalue weighted by Gasteiger charge is -2.27. The van der Waals surface area contributed by atoms with Crippen molar-refractivity contribution in [2.45, 2.75) is 25.7 Å². The maximum absolute atomic E-state index is 13.1. The van der Waals surface area contributed by atoms with Gasteiger partial charge in [-0.2, -0.15) is 0 Å².